The molecule has 0 saturated carbocycles. The topological polar surface area (TPSA) is 80.3 Å². The molecule has 0 aromatic rings. The molecule has 0 fully saturated rings. The van der Waals surface area contributed by atoms with Crippen molar-refractivity contribution in [3.05, 3.63) is 13.8 Å². The molecule has 0 bridgehead atoms. The van der Waals surface area contributed by atoms with Crippen LogP contribution in [0.4, 0.5) is 0 Å². The maximum atomic E-state index is 10.1. The first-order valence-corrected chi connectivity index (χ1v) is 15.4. The van der Waals surface area contributed by atoms with Gasteiger partial charge in [-0.15, -0.1) is 0 Å². The summed E-state index contributed by atoms with van der Waals surface area (Å²) in [4.78, 5) is 20.2. The zero-order valence-corrected chi connectivity index (χ0v) is 26.5. The van der Waals surface area contributed by atoms with Crippen LogP contribution in [0.5, 0.6) is 0 Å². The maximum Gasteiger partial charge on any atom is 4.00 e. The van der Waals surface area contributed by atoms with Gasteiger partial charge in [-0.1, -0.05) is 143 Å². The Balaban J connectivity index is -0.000000140. The van der Waals surface area contributed by atoms with E-state index in [1.807, 2.05) is 0 Å². The molecule has 0 saturated heterocycles. The molecule has 0 spiro atoms. The first-order chi connectivity index (χ1) is 17.4. The van der Waals surface area contributed by atoms with Crippen LogP contribution in [0.3, 0.4) is 0 Å². The Kier molecular flexibility index (Phi) is 60.7. The third kappa shape index (κ3) is 72.1. The number of carboxylic acids is 2. The average molecular weight is 569 g/mol. The van der Waals surface area contributed by atoms with Crippen LogP contribution in [0.15, 0.2) is 0 Å². The monoisotopic (exact) mass is 568 g/mol. The third-order valence-electron chi connectivity index (χ3n) is 5.68. The molecule has 0 heterocycles. The molecule has 5 heteroatoms. The quantitative estimate of drug-likeness (QED) is 0.0744. The van der Waals surface area contributed by atoms with Gasteiger partial charge < -0.3 is 33.6 Å². The maximum absolute atomic E-state index is 10.1. The zero-order chi connectivity index (χ0) is 28.1. The molecule has 4 nitrogen and oxygen atoms in total. The van der Waals surface area contributed by atoms with Crippen molar-refractivity contribution in [2.45, 2.75) is 182 Å². The van der Waals surface area contributed by atoms with E-state index >= 15 is 0 Å². The standard InChI is InChI=1S/2C12H24O2.2C4H9.Fe/c2*1-2-3-4-5-6-7-8-9-10-11-12(13)14;2*1-3-4-2;/h2*2-11H2,1H3,(H,13,14);2*1,3-4H2,2H3;/q;;2*-1;+4/p-2. The summed E-state index contributed by atoms with van der Waals surface area (Å²) in [6.07, 6.45) is 26.9. The van der Waals surface area contributed by atoms with Gasteiger partial charge in [-0.05, 0) is 25.7 Å². The van der Waals surface area contributed by atoms with E-state index in [1.54, 1.807) is 0 Å². The minimum Gasteiger partial charge on any atom is -0.550 e. The van der Waals surface area contributed by atoms with Crippen LogP contribution < -0.4 is 10.2 Å². The minimum absolute atomic E-state index is 0. The van der Waals surface area contributed by atoms with Crippen LogP contribution in [-0.4, -0.2) is 11.9 Å². The van der Waals surface area contributed by atoms with Gasteiger partial charge in [-0.3, -0.25) is 0 Å². The molecule has 0 unspecified atom stereocenters. The molecule has 0 amide bonds. The average Bonchev–Trinajstić information content (AvgIpc) is 2.87. The normalized spacial score (nSPS) is 9.46. The van der Waals surface area contributed by atoms with Crippen molar-refractivity contribution in [3.8, 4) is 0 Å². The Bertz CT molecular complexity index is 349. The summed E-state index contributed by atoms with van der Waals surface area (Å²) < 4.78 is 0. The second-order valence-electron chi connectivity index (χ2n) is 9.61. The summed E-state index contributed by atoms with van der Waals surface area (Å²) in [7, 11) is 0. The molecular formula is C32H64FeO4. The molecule has 0 aliphatic heterocycles. The van der Waals surface area contributed by atoms with E-state index in [9.17, 15) is 19.8 Å². The van der Waals surface area contributed by atoms with Crippen LogP contribution in [0.2, 0.25) is 0 Å². The van der Waals surface area contributed by atoms with Crippen molar-refractivity contribution in [2.24, 2.45) is 0 Å². The molecule has 0 aromatic carbocycles. The largest absolute Gasteiger partial charge is 4.00 e. The van der Waals surface area contributed by atoms with Crippen molar-refractivity contribution in [2.75, 3.05) is 0 Å². The minimum atomic E-state index is -0.909. The molecule has 37 heavy (non-hydrogen) atoms. The van der Waals surface area contributed by atoms with E-state index < -0.39 is 11.9 Å². The number of hydrogen-bond donors (Lipinski definition) is 0. The molecule has 0 aliphatic carbocycles. The van der Waals surface area contributed by atoms with Gasteiger partial charge in [-0.2, -0.15) is 12.8 Å². The summed E-state index contributed by atoms with van der Waals surface area (Å²) >= 11 is 0. The van der Waals surface area contributed by atoms with Crippen molar-refractivity contribution < 1.29 is 36.9 Å². The smallest absolute Gasteiger partial charge is 0.550 e. The van der Waals surface area contributed by atoms with Gasteiger partial charge >= 0.3 is 17.1 Å². The molecule has 0 rings (SSSR count). The van der Waals surface area contributed by atoms with Crippen molar-refractivity contribution in [3.63, 3.8) is 0 Å². The van der Waals surface area contributed by atoms with Gasteiger partial charge in [0.2, 0.25) is 0 Å². The zero-order valence-electron chi connectivity index (χ0n) is 25.4. The predicted octanol–water partition coefficient (Wildman–Crippen LogP) is 8.55. The predicted molar refractivity (Wildman–Crippen MR) is 154 cm³/mol. The first-order valence-electron chi connectivity index (χ1n) is 15.4. The molecule has 0 atom stereocenters. The van der Waals surface area contributed by atoms with Crippen LogP contribution in [-0.2, 0) is 26.7 Å². The number of aliphatic carboxylic acids is 2. The molecule has 0 aliphatic rings. The fourth-order valence-electron chi connectivity index (χ4n) is 3.16. The number of rotatable bonds is 22. The van der Waals surface area contributed by atoms with Crippen molar-refractivity contribution >= 4 is 11.9 Å². The van der Waals surface area contributed by atoms with E-state index in [0.29, 0.717) is 0 Å². The number of carbonyl (C=O) groups is 2. The summed E-state index contributed by atoms with van der Waals surface area (Å²) in [5.74, 6) is -1.82. The number of carboxylic acid groups (broad SMARTS) is 2. The SMILES string of the molecule is CCCCCCCCCCCC(=O)[O-].CCCCCCCCCCCC(=O)[O-].[CH2-]CCC.[CH2-]CCC.[Fe+4]. The Hall–Kier alpha value is -0.541. The number of unbranched alkanes of at least 4 members (excludes halogenated alkanes) is 18. The summed E-state index contributed by atoms with van der Waals surface area (Å²) in [5, 5.41) is 20.2. The fraction of sp³-hybridized carbons (Fsp3) is 0.875. The van der Waals surface area contributed by atoms with Crippen LogP contribution in [0, 0.1) is 13.8 Å². The van der Waals surface area contributed by atoms with E-state index in [1.165, 1.54) is 103 Å². The molecule has 0 radical (unpaired) electrons. The third-order valence-corrected chi connectivity index (χ3v) is 5.68. The van der Waals surface area contributed by atoms with Gasteiger partial charge in [0.05, 0.1) is 0 Å². The first kappa shape index (κ1) is 46.3. The Morgan fingerprint density at radius 3 is 0.784 bits per heavy atom. The molecular weight excluding hydrogens is 504 g/mol. The number of hydrogen-bond acceptors (Lipinski definition) is 4. The Morgan fingerprint density at radius 2 is 0.622 bits per heavy atom. The van der Waals surface area contributed by atoms with Gasteiger partial charge in [0.1, 0.15) is 0 Å². The van der Waals surface area contributed by atoms with E-state index in [-0.39, 0.29) is 29.9 Å². The molecule has 0 aromatic heterocycles. The van der Waals surface area contributed by atoms with Gasteiger partial charge in [0.25, 0.3) is 0 Å². The van der Waals surface area contributed by atoms with Gasteiger partial charge in [0.15, 0.2) is 0 Å². The Morgan fingerprint density at radius 1 is 0.432 bits per heavy atom. The molecule has 224 valence electrons. The Labute approximate surface area is 244 Å². The van der Waals surface area contributed by atoms with Crippen LogP contribution in [0.1, 0.15) is 182 Å². The second-order valence-corrected chi connectivity index (χ2v) is 9.61. The summed E-state index contributed by atoms with van der Waals surface area (Å²) in [6.45, 7) is 15.9. The second kappa shape index (κ2) is 48.5. The fourth-order valence-corrected chi connectivity index (χ4v) is 3.16. The van der Waals surface area contributed by atoms with E-state index in [0.717, 1.165) is 38.5 Å². The van der Waals surface area contributed by atoms with Crippen molar-refractivity contribution in [1.82, 2.24) is 0 Å². The van der Waals surface area contributed by atoms with Crippen LogP contribution in [0.25, 0.3) is 0 Å². The van der Waals surface area contributed by atoms with Crippen molar-refractivity contribution in [1.29, 1.82) is 0 Å². The molecule has 0 N–H and O–H groups in total. The van der Waals surface area contributed by atoms with Gasteiger partial charge in [0, 0.05) is 11.9 Å². The summed E-state index contributed by atoms with van der Waals surface area (Å²) in [6, 6.07) is 0. The van der Waals surface area contributed by atoms with Gasteiger partial charge in [-0.25, -0.2) is 0 Å². The summed E-state index contributed by atoms with van der Waals surface area (Å²) in [5.41, 5.74) is 0. The number of carbonyl (C=O) groups excluding carboxylic acids is 2. The van der Waals surface area contributed by atoms with E-state index in [2.05, 4.69) is 41.5 Å². The van der Waals surface area contributed by atoms with E-state index in [4.69, 9.17) is 0 Å². The van der Waals surface area contributed by atoms with Crippen LogP contribution >= 0.6 is 0 Å².